The van der Waals surface area contributed by atoms with Crippen molar-refractivity contribution in [2.75, 3.05) is 12.4 Å². The molecular formula is C18H18N2O5. The topological polar surface area (TPSA) is 98.5 Å². The fourth-order valence-corrected chi connectivity index (χ4v) is 2.23. The number of carbonyl (C=O) groups is 2. The van der Waals surface area contributed by atoms with Gasteiger partial charge < -0.3 is 10.1 Å². The molecule has 1 amide bonds. The van der Waals surface area contributed by atoms with Gasteiger partial charge in [-0.2, -0.15) is 0 Å². The molecule has 0 spiro atoms. The maximum Gasteiger partial charge on any atom is 0.337 e. The highest BCUT2D eigenvalue weighted by molar-refractivity contribution is 6.05. The van der Waals surface area contributed by atoms with Crippen molar-refractivity contribution in [2.24, 2.45) is 0 Å². The quantitative estimate of drug-likeness (QED) is 0.507. The van der Waals surface area contributed by atoms with Gasteiger partial charge in [0.2, 0.25) is 0 Å². The summed E-state index contributed by atoms with van der Waals surface area (Å²) in [5.74, 6) is -0.877. The van der Waals surface area contributed by atoms with E-state index in [0.29, 0.717) is 5.56 Å². The molecule has 2 aromatic carbocycles. The number of nitrogens with zero attached hydrogens (tertiary/aromatic N) is 1. The normalized spacial score (nSPS) is 10.4. The highest BCUT2D eigenvalue weighted by atomic mass is 16.6. The second kappa shape index (κ2) is 7.57. The number of nitro groups is 1. The van der Waals surface area contributed by atoms with E-state index in [4.69, 9.17) is 0 Å². The van der Waals surface area contributed by atoms with Crippen LogP contribution in [0.3, 0.4) is 0 Å². The van der Waals surface area contributed by atoms with Crippen LogP contribution in [-0.2, 0) is 4.74 Å². The van der Waals surface area contributed by atoms with Crippen molar-refractivity contribution in [3.05, 3.63) is 69.3 Å². The smallest absolute Gasteiger partial charge is 0.337 e. The van der Waals surface area contributed by atoms with Crippen LogP contribution in [0.15, 0.2) is 42.5 Å². The summed E-state index contributed by atoms with van der Waals surface area (Å²) in [6.45, 7) is 3.86. The highest BCUT2D eigenvalue weighted by Gasteiger charge is 2.18. The predicted octanol–water partition coefficient (Wildman–Crippen LogP) is 3.76. The first-order chi connectivity index (χ1) is 11.8. The SMILES string of the molecule is COC(=O)c1ccc(C(=O)Nc2ccc(C(C)C)cc2[N+](=O)[O-])cc1. The maximum atomic E-state index is 12.3. The Morgan fingerprint density at radius 1 is 1.08 bits per heavy atom. The Morgan fingerprint density at radius 2 is 1.68 bits per heavy atom. The number of ether oxygens (including phenoxy) is 1. The van der Waals surface area contributed by atoms with Crippen molar-refractivity contribution in [1.29, 1.82) is 0 Å². The van der Waals surface area contributed by atoms with Crippen molar-refractivity contribution in [1.82, 2.24) is 0 Å². The fraction of sp³-hybridized carbons (Fsp3) is 0.222. The first-order valence-corrected chi connectivity index (χ1v) is 7.61. The van der Waals surface area contributed by atoms with Crippen LogP contribution in [0.4, 0.5) is 11.4 Å². The van der Waals surface area contributed by atoms with Gasteiger partial charge in [-0.05, 0) is 41.8 Å². The molecule has 0 saturated carbocycles. The third-order valence-electron chi connectivity index (χ3n) is 3.70. The number of esters is 1. The molecule has 0 aliphatic heterocycles. The minimum atomic E-state index is -0.526. The monoisotopic (exact) mass is 342 g/mol. The molecule has 1 N–H and O–H groups in total. The summed E-state index contributed by atoms with van der Waals surface area (Å²) < 4.78 is 4.59. The van der Waals surface area contributed by atoms with Gasteiger partial charge in [-0.1, -0.05) is 19.9 Å². The summed E-state index contributed by atoms with van der Waals surface area (Å²) in [4.78, 5) is 34.4. The van der Waals surface area contributed by atoms with E-state index < -0.39 is 16.8 Å². The average molecular weight is 342 g/mol. The van der Waals surface area contributed by atoms with Crippen molar-refractivity contribution < 1.29 is 19.2 Å². The molecule has 7 heteroatoms. The van der Waals surface area contributed by atoms with Crippen LogP contribution in [0.1, 0.15) is 46.0 Å². The second-order valence-corrected chi connectivity index (χ2v) is 5.71. The Morgan fingerprint density at radius 3 is 2.20 bits per heavy atom. The van der Waals surface area contributed by atoms with E-state index in [2.05, 4.69) is 10.1 Å². The van der Waals surface area contributed by atoms with Crippen LogP contribution in [0.25, 0.3) is 0 Å². The average Bonchev–Trinajstić information content (AvgIpc) is 2.61. The Hall–Kier alpha value is -3.22. The Balaban J connectivity index is 2.25. The lowest BCUT2D eigenvalue weighted by molar-refractivity contribution is -0.384. The minimum Gasteiger partial charge on any atom is -0.465 e. The van der Waals surface area contributed by atoms with E-state index in [-0.39, 0.29) is 22.9 Å². The lowest BCUT2D eigenvalue weighted by Gasteiger charge is -2.10. The van der Waals surface area contributed by atoms with Gasteiger partial charge in [0.05, 0.1) is 17.6 Å². The summed E-state index contributed by atoms with van der Waals surface area (Å²) in [5, 5.41) is 13.8. The number of hydrogen-bond acceptors (Lipinski definition) is 5. The molecule has 0 saturated heterocycles. The van der Waals surface area contributed by atoms with Crippen LogP contribution in [0.2, 0.25) is 0 Å². The molecule has 0 unspecified atom stereocenters. The summed E-state index contributed by atoms with van der Waals surface area (Å²) in [5.41, 5.74) is 1.36. The van der Waals surface area contributed by atoms with Crippen molar-refractivity contribution in [3.8, 4) is 0 Å². The van der Waals surface area contributed by atoms with Gasteiger partial charge in [0, 0.05) is 11.6 Å². The molecule has 0 heterocycles. The van der Waals surface area contributed by atoms with E-state index in [0.717, 1.165) is 5.56 Å². The molecule has 7 nitrogen and oxygen atoms in total. The molecule has 0 bridgehead atoms. The number of hydrogen-bond donors (Lipinski definition) is 1. The molecule has 25 heavy (non-hydrogen) atoms. The minimum absolute atomic E-state index is 0.122. The molecule has 0 radical (unpaired) electrons. The van der Waals surface area contributed by atoms with E-state index in [9.17, 15) is 19.7 Å². The Bertz CT molecular complexity index is 813. The molecule has 130 valence electrons. The van der Waals surface area contributed by atoms with E-state index in [1.807, 2.05) is 13.8 Å². The van der Waals surface area contributed by atoms with Crippen molar-refractivity contribution in [2.45, 2.75) is 19.8 Å². The van der Waals surface area contributed by atoms with Crippen molar-refractivity contribution >= 4 is 23.3 Å². The molecule has 2 aromatic rings. The van der Waals surface area contributed by atoms with Gasteiger partial charge >= 0.3 is 5.97 Å². The number of methoxy groups -OCH3 is 1. The third-order valence-corrected chi connectivity index (χ3v) is 3.70. The predicted molar refractivity (Wildman–Crippen MR) is 92.9 cm³/mol. The summed E-state index contributed by atoms with van der Waals surface area (Å²) >= 11 is 0. The van der Waals surface area contributed by atoms with Gasteiger partial charge in [0.1, 0.15) is 5.69 Å². The second-order valence-electron chi connectivity index (χ2n) is 5.71. The molecular weight excluding hydrogens is 324 g/mol. The van der Waals surface area contributed by atoms with Crippen LogP contribution in [0, 0.1) is 10.1 Å². The molecule has 2 rings (SSSR count). The lowest BCUT2D eigenvalue weighted by atomic mass is 10.0. The number of nitrogens with one attached hydrogen (secondary N) is 1. The van der Waals surface area contributed by atoms with Gasteiger partial charge in [0.25, 0.3) is 11.6 Å². The van der Waals surface area contributed by atoms with E-state index in [1.54, 1.807) is 6.07 Å². The zero-order chi connectivity index (χ0) is 18.6. The summed E-state index contributed by atoms with van der Waals surface area (Å²) in [6.07, 6.45) is 0. The largest absolute Gasteiger partial charge is 0.465 e. The van der Waals surface area contributed by atoms with Crippen LogP contribution < -0.4 is 5.32 Å². The first-order valence-electron chi connectivity index (χ1n) is 7.61. The highest BCUT2D eigenvalue weighted by Crippen LogP contribution is 2.29. The number of benzene rings is 2. The van der Waals surface area contributed by atoms with Gasteiger partial charge in [0.15, 0.2) is 0 Å². The molecule has 0 atom stereocenters. The number of carbonyl (C=O) groups excluding carboxylic acids is 2. The molecule has 0 aliphatic rings. The Kier molecular flexibility index (Phi) is 5.49. The summed E-state index contributed by atoms with van der Waals surface area (Å²) in [6, 6.07) is 10.5. The van der Waals surface area contributed by atoms with Crippen LogP contribution in [0.5, 0.6) is 0 Å². The van der Waals surface area contributed by atoms with Crippen LogP contribution in [-0.4, -0.2) is 23.9 Å². The Labute approximate surface area is 144 Å². The first kappa shape index (κ1) is 18.1. The number of amides is 1. The third kappa shape index (κ3) is 4.20. The number of nitro benzene ring substituents is 1. The van der Waals surface area contributed by atoms with Crippen LogP contribution >= 0.6 is 0 Å². The summed E-state index contributed by atoms with van der Waals surface area (Å²) in [7, 11) is 1.27. The zero-order valence-electron chi connectivity index (χ0n) is 14.1. The zero-order valence-corrected chi connectivity index (χ0v) is 14.1. The lowest BCUT2D eigenvalue weighted by Crippen LogP contribution is -2.13. The molecule has 0 aliphatic carbocycles. The van der Waals surface area contributed by atoms with Gasteiger partial charge in [-0.25, -0.2) is 4.79 Å². The fourth-order valence-electron chi connectivity index (χ4n) is 2.23. The van der Waals surface area contributed by atoms with E-state index >= 15 is 0 Å². The van der Waals surface area contributed by atoms with Gasteiger partial charge in [-0.15, -0.1) is 0 Å². The number of anilines is 1. The standard InChI is InChI=1S/C18H18N2O5/c1-11(2)14-8-9-15(16(10-14)20(23)24)19-17(21)12-4-6-13(7-5-12)18(22)25-3/h4-11H,1-3H3,(H,19,21). The molecule has 0 fully saturated rings. The maximum absolute atomic E-state index is 12.3. The van der Waals surface area contributed by atoms with Gasteiger partial charge in [-0.3, -0.25) is 14.9 Å². The van der Waals surface area contributed by atoms with Crippen molar-refractivity contribution in [3.63, 3.8) is 0 Å². The van der Waals surface area contributed by atoms with E-state index in [1.165, 1.54) is 43.5 Å². The number of rotatable bonds is 5. The molecule has 0 aromatic heterocycles.